The number of hydrogen-bond donors (Lipinski definition) is 0. The number of fused-ring (bicyclic) bond motifs is 24. The maximum atomic E-state index is 15.2. The minimum atomic E-state index is -0.526. The highest BCUT2D eigenvalue weighted by atomic mass is 16.3. The van der Waals surface area contributed by atoms with Gasteiger partial charge in [0, 0.05) is 21.9 Å². The highest BCUT2D eigenvalue weighted by Gasteiger charge is 2.53. The Morgan fingerprint density at radius 1 is 0.339 bits per heavy atom. The highest BCUT2D eigenvalue weighted by Crippen LogP contribution is 2.65. The molecule has 10 aromatic rings. The van der Waals surface area contributed by atoms with Crippen molar-refractivity contribution in [2.24, 2.45) is 0 Å². The van der Waals surface area contributed by atoms with E-state index in [1.165, 1.54) is 77.9 Å². The fourth-order valence-electron chi connectivity index (χ4n) is 12.0. The van der Waals surface area contributed by atoms with Crippen molar-refractivity contribution in [2.75, 3.05) is 0 Å². The number of ketones is 1. The van der Waals surface area contributed by atoms with Crippen LogP contribution in [0.5, 0.6) is 0 Å². The second-order valence-electron chi connectivity index (χ2n) is 16.5. The molecule has 0 bridgehead atoms. The van der Waals surface area contributed by atoms with E-state index in [0.29, 0.717) is 16.7 Å². The Kier molecular flexibility index (Phi) is 5.82. The zero-order valence-electron chi connectivity index (χ0n) is 31.8. The lowest BCUT2D eigenvalue weighted by Gasteiger charge is -2.30. The van der Waals surface area contributed by atoms with Crippen LogP contribution >= 0.6 is 0 Å². The number of hydrogen-bond acceptors (Lipinski definition) is 2. The molecule has 59 heavy (non-hydrogen) atoms. The lowest BCUT2D eigenvalue weighted by atomic mass is 9.70. The van der Waals surface area contributed by atoms with Crippen LogP contribution in [0, 0.1) is 0 Å². The Morgan fingerprint density at radius 3 is 1.29 bits per heavy atom. The third kappa shape index (κ3) is 3.56. The van der Waals surface area contributed by atoms with E-state index in [4.69, 9.17) is 4.42 Å². The van der Waals surface area contributed by atoms with Crippen molar-refractivity contribution in [3.05, 3.63) is 250 Å². The molecule has 0 N–H and O–H groups in total. The normalized spacial score (nSPS) is 14.8. The van der Waals surface area contributed by atoms with Crippen LogP contribution in [0.15, 0.2) is 199 Å². The average molecular weight is 749 g/mol. The monoisotopic (exact) mass is 748 g/mol. The van der Waals surface area contributed by atoms with Gasteiger partial charge in [0.25, 0.3) is 0 Å². The molecule has 9 aromatic carbocycles. The molecule has 0 saturated heterocycles. The summed E-state index contributed by atoms with van der Waals surface area (Å²) < 4.78 is 7.11. The number of carbonyl (C=O) groups is 1. The van der Waals surface area contributed by atoms with Gasteiger partial charge in [-0.2, -0.15) is 0 Å². The first-order valence-electron chi connectivity index (χ1n) is 20.5. The van der Waals surface area contributed by atoms with E-state index in [1.54, 1.807) is 0 Å². The zero-order valence-corrected chi connectivity index (χ0v) is 31.8. The quantitative estimate of drug-likeness (QED) is 0.165. The fraction of sp³-hybridized carbons (Fsp3) is 0.0351. The summed E-state index contributed by atoms with van der Waals surface area (Å²) in [5.74, 6) is -0.0460. The summed E-state index contributed by atoms with van der Waals surface area (Å²) in [5, 5.41) is 1.96. The number of benzene rings is 9. The van der Waals surface area contributed by atoms with Gasteiger partial charge in [-0.25, -0.2) is 0 Å². The molecule has 14 rings (SSSR count). The van der Waals surface area contributed by atoms with Crippen LogP contribution in [0.25, 0.3) is 66.4 Å². The van der Waals surface area contributed by atoms with E-state index >= 15 is 4.79 Å². The Hall–Kier alpha value is -7.55. The molecule has 4 aliphatic rings. The predicted molar refractivity (Wildman–Crippen MR) is 236 cm³/mol. The molecule has 0 aliphatic heterocycles. The summed E-state index contributed by atoms with van der Waals surface area (Å²) in [7, 11) is 0. The Balaban J connectivity index is 0.986. The number of furan rings is 1. The summed E-state index contributed by atoms with van der Waals surface area (Å²) >= 11 is 0. The standard InChI is InChI=1S/C57H32O2/c58-53(33-28-29-39-38-18-5-11-26-48(38)57(51(39)32-33)46-24-9-3-16-36(46)37-17-4-10-25-47(37)57)43-21-13-20-40-41-30-31-50-52(55(41)59-54(40)43)42-19-6-12-27-49(42)56(50)44-22-7-1-14-34(44)35-15-2-8-23-45(35)56/h1-32H. The maximum Gasteiger partial charge on any atom is 0.196 e. The molecule has 272 valence electrons. The predicted octanol–water partition coefficient (Wildman–Crippen LogP) is 13.5. The molecule has 0 unspecified atom stereocenters. The van der Waals surface area contributed by atoms with Crippen LogP contribution in [0.2, 0.25) is 0 Å². The molecule has 0 amide bonds. The van der Waals surface area contributed by atoms with E-state index in [-0.39, 0.29) is 5.78 Å². The lowest BCUT2D eigenvalue weighted by Crippen LogP contribution is -2.26. The molecular weight excluding hydrogens is 717 g/mol. The molecule has 2 spiro atoms. The van der Waals surface area contributed by atoms with Gasteiger partial charge >= 0.3 is 0 Å². The van der Waals surface area contributed by atoms with Crippen molar-refractivity contribution in [3.8, 4) is 44.5 Å². The molecule has 2 nitrogen and oxygen atoms in total. The van der Waals surface area contributed by atoms with E-state index in [2.05, 4.69) is 176 Å². The zero-order chi connectivity index (χ0) is 38.6. The van der Waals surface area contributed by atoms with Crippen molar-refractivity contribution >= 4 is 27.7 Å². The van der Waals surface area contributed by atoms with Gasteiger partial charge in [0.15, 0.2) is 5.78 Å². The Bertz CT molecular complexity index is 3430. The summed E-state index contributed by atoms with van der Waals surface area (Å²) in [4.78, 5) is 15.2. The molecular formula is C57H32O2. The van der Waals surface area contributed by atoms with Gasteiger partial charge in [-0.05, 0) is 95.6 Å². The first kappa shape index (κ1) is 31.5. The first-order valence-corrected chi connectivity index (χ1v) is 20.5. The molecule has 1 aromatic heterocycles. The van der Waals surface area contributed by atoms with E-state index in [1.807, 2.05) is 18.2 Å². The number of rotatable bonds is 2. The van der Waals surface area contributed by atoms with Gasteiger partial charge in [0.2, 0.25) is 0 Å². The van der Waals surface area contributed by atoms with Crippen molar-refractivity contribution in [1.29, 1.82) is 0 Å². The molecule has 0 radical (unpaired) electrons. The third-order valence-corrected chi connectivity index (χ3v) is 14.1. The van der Waals surface area contributed by atoms with Crippen molar-refractivity contribution < 1.29 is 9.21 Å². The van der Waals surface area contributed by atoms with Crippen LogP contribution < -0.4 is 0 Å². The van der Waals surface area contributed by atoms with Gasteiger partial charge in [-0.3, -0.25) is 4.79 Å². The first-order chi connectivity index (χ1) is 29.2. The van der Waals surface area contributed by atoms with Crippen LogP contribution in [0.1, 0.15) is 60.4 Å². The van der Waals surface area contributed by atoms with Crippen LogP contribution in [-0.2, 0) is 10.8 Å². The summed E-state index contributed by atoms with van der Waals surface area (Å²) in [6, 6.07) is 69.8. The minimum absolute atomic E-state index is 0.0460. The Morgan fingerprint density at radius 2 is 0.763 bits per heavy atom. The fourth-order valence-corrected chi connectivity index (χ4v) is 12.0. The van der Waals surface area contributed by atoms with Crippen molar-refractivity contribution in [2.45, 2.75) is 10.8 Å². The van der Waals surface area contributed by atoms with Crippen molar-refractivity contribution in [3.63, 3.8) is 0 Å². The number of para-hydroxylation sites is 1. The summed E-state index contributed by atoms with van der Waals surface area (Å²) in [6.45, 7) is 0. The van der Waals surface area contributed by atoms with E-state index in [0.717, 1.165) is 27.5 Å². The molecule has 0 atom stereocenters. The SMILES string of the molecule is O=C(c1ccc2c(c1)C1(c3ccccc3-c3ccccc31)c1ccccc1-2)c1cccc2c1oc1c3c(ccc12)C1(c2ccccc2-c2ccccc21)c1ccccc1-3. The van der Waals surface area contributed by atoms with Crippen LogP contribution in [0.3, 0.4) is 0 Å². The minimum Gasteiger partial charge on any atom is -0.455 e. The topological polar surface area (TPSA) is 30.2 Å². The van der Waals surface area contributed by atoms with Gasteiger partial charge in [0.1, 0.15) is 11.2 Å². The summed E-state index contributed by atoms with van der Waals surface area (Å²) in [5.41, 5.74) is 21.4. The maximum absolute atomic E-state index is 15.2. The average Bonchev–Trinajstić information content (AvgIpc) is 4.07. The smallest absolute Gasteiger partial charge is 0.196 e. The van der Waals surface area contributed by atoms with E-state index < -0.39 is 10.8 Å². The van der Waals surface area contributed by atoms with E-state index in [9.17, 15) is 0 Å². The Labute approximate surface area is 340 Å². The third-order valence-electron chi connectivity index (χ3n) is 14.1. The van der Waals surface area contributed by atoms with Crippen LogP contribution in [-0.4, -0.2) is 5.78 Å². The van der Waals surface area contributed by atoms with Gasteiger partial charge in [-0.1, -0.05) is 182 Å². The molecule has 0 fully saturated rings. The second kappa shape index (κ2) is 10.9. The van der Waals surface area contributed by atoms with Crippen LogP contribution in [0.4, 0.5) is 0 Å². The molecule has 0 saturated carbocycles. The van der Waals surface area contributed by atoms with Gasteiger partial charge in [-0.15, -0.1) is 0 Å². The largest absolute Gasteiger partial charge is 0.455 e. The highest BCUT2D eigenvalue weighted by molar-refractivity contribution is 6.21. The van der Waals surface area contributed by atoms with Gasteiger partial charge < -0.3 is 4.42 Å². The molecule has 4 aliphatic carbocycles. The van der Waals surface area contributed by atoms with Crippen molar-refractivity contribution in [1.82, 2.24) is 0 Å². The lowest BCUT2D eigenvalue weighted by molar-refractivity contribution is 0.103. The van der Waals surface area contributed by atoms with Gasteiger partial charge in [0.05, 0.1) is 16.4 Å². The summed E-state index contributed by atoms with van der Waals surface area (Å²) in [6.07, 6.45) is 0. The number of carbonyl (C=O) groups excluding carboxylic acids is 1. The second-order valence-corrected chi connectivity index (χ2v) is 16.5. The molecule has 2 heteroatoms. The molecule has 1 heterocycles.